The van der Waals surface area contributed by atoms with Gasteiger partial charge in [0, 0.05) is 11.5 Å². The molecule has 0 aromatic carbocycles. The fourth-order valence-corrected chi connectivity index (χ4v) is 3.74. The second-order valence-corrected chi connectivity index (χ2v) is 7.63. The summed E-state index contributed by atoms with van der Waals surface area (Å²) >= 11 is 0. The van der Waals surface area contributed by atoms with Gasteiger partial charge in [-0.15, -0.1) is 0 Å². The molecule has 4 atom stereocenters. The first-order valence-electron chi connectivity index (χ1n) is 7.85. The molecule has 0 saturated heterocycles. The molecule has 2 amide bonds. The van der Waals surface area contributed by atoms with E-state index in [1.165, 1.54) is 25.7 Å². The Morgan fingerprint density at radius 1 is 1.20 bits per heavy atom. The summed E-state index contributed by atoms with van der Waals surface area (Å²) in [7, 11) is 0. The lowest BCUT2D eigenvalue weighted by Crippen LogP contribution is -2.46. The molecule has 0 aromatic rings. The Kier molecular flexibility index (Phi) is 4.40. The molecule has 2 rings (SSSR count). The van der Waals surface area contributed by atoms with Gasteiger partial charge in [0.15, 0.2) is 0 Å². The summed E-state index contributed by atoms with van der Waals surface area (Å²) in [4.78, 5) is 23.6. The van der Waals surface area contributed by atoms with Gasteiger partial charge in [-0.25, -0.2) is 0 Å². The van der Waals surface area contributed by atoms with Gasteiger partial charge in [0.1, 0.15) is 0 Å². The zero-order chi connectivity index (χ0) is 14.9. The van der Waals surface area contributed by atoms with Crippen LogP contribution in [0.1, 0.15) is 53.4 Å². The van der Waals surface area contributed by atoms with E-state index in [-0.39, 0.29) is 24.4 Å². The molecule has 20 heavy (non-hydrogen) atoms. The Balaban J connectivity index is 1.73. The molecule has 2 N–H and O–H groups in total. The van der Waals surface area contributed by atoms with Crippen LogP contribution in [0.2, 0.25) is 0 Å². The summed E-state index contributed by atoms with van der Waals surface area (Å²) < 4.78 is 0. The van der Waals surface area contributed by atoms with E-state index in [0.29, 0.717) is 5.92 Å². The maximum Gasteiger partial charge on any atom is 0.239 e. The van der Waals surface area contributed by atoms with E-state index in [1.807, 2.05) is 20.8 Å². The monoisotopic (exact) mass is 280 g/mol. The van der Waals surface area contributed by atoms with Crippen LogP contribution in [0.5, 0.6) is 0 Å². The molecule has 2 fully saturated rings. The van der Waals surface area contributed by atoms with Gasteiger partial charge in [-0.2, -0.15) is 0 Å². The van der Waals surface area contributed by atoms with Crippen LogP contribution in [0.4, 0.5) is 0 Å². The van der Waals surface area contributed by atoms with Crippen LogP contribution < -0.4 is 10.6 Å². The van der Waals surface area contributed by atoms with E-state index >= 15 is 0 Å². The van der Waals surface area contributed by atoms with Gasteiger partial charge >= 0.3 is 0 Å². The summed E-state index contributed by atoms with van der Waals surface area (Å²) in [6.45, 7) is 7.73. The highest BCUT2D eigenvalue weighted by Gasteiger charge is 2.42. The average molecular weight is 280 g/mol. The van der Waals surface area contributed by atoms with Crippen LogP contribution in [0.3, 0.4) is 0 Å². The number of nitrogens with one attached hydrogen (secondary N) is 2. The maximum absolute atomic E-state index is 11.9. The highest BCUT2D eigenvalue weighted by atomic mass is 16.2. The lowest BCUT2D eigenvalue weighted by molar-refractivity contribution is -0.131. The SMILES string of the molecule is C[C@H](NC(=O)CNC(=O)C(C)(C)C)[C@@H]1C[C@H]2CC[C@H]1C2. The molecular weight excluding hydrogens is 252 g/mol. The van der Waals surface area contributed by atoms with E-state index < -0.39 is 5.41 Å². The van der Waals surface area contributed by atoms with Crippen molar-refractivity contribution in [3.63, 3.8) is 0 Å². The van der Waals surface area contributed by atoms with Gasteiger partial charge < -0.3 is 10.6 Å². The standard InChI is InChI=1S/C16H28N2O2/c1-10(13-8-11-5-6-12(13)7-11)18-14(19)9-17-15(20)16(2,3)4/h10-13H,5-9H2,1-4H3,(H,17,20)(H,18,19)/t10-,11-,12-,13-/m0/s1. The van der Waals surface area contributed by atoms with E-state index in [9.17, 15) is 9.59 Å². The molecule has 0 heterocycles. The summed E-state index contributed by atoms with van der Waals surface area (Å²) in [5.41, 5.74) is -0.448. The lowest BCUT2D eigenvalue weighted by Gasteiger charge is -2.28. The zero-order valence-electron chi connectivity index (χ0n) is 13.2. The third kappa shape index (κ3) is 3.53. The smallest absolute Gasteiger partial charge is 0.239 e. The normalized spacial score (nSPS) is 30.1. The second kappa shape index (κ2) is 5.74. The summed E-state index contributed by atoms with van der Waals surface area (Å²) in [6.07, 6.45) is 5.33. The van der Waals surface area contributed by atoms with Crippen molar-refractivity contribution in [2.75, 3.05) is 6.54 Å². The molecule has 114 valence electrons. The second-order valence-electron chi connectivity index (χ2n) is 7.63. The molecule has 2 bridgehead atoms. The third-order valence-electron chi connectivity index (χ3n) is 4.91. The Labute approximate surface area is 122 Å². The summed E-state index contributed by atoms with van der Waals surface area (Å²) in [5, 5.41) is 5.76. The molecule has 0 spiro atoms. The van der Waals surface area contributed by atoms with Crippen LogP contribution >= 0.6 is 0 Å². The minimum absolute atomic E-state index is 0.0714. The minimum atomic E-state index is -0.448. The molecule has 4 nitrogen and oxygen atoms in total. The summed E-state index contributed by atoms with van der Waals surface area (Å²) in [5.74, 6) is 2.18. The van der Waals surface area contributed by atoms with Crippen molar-refractivity contribution in [3.05, 3.63) is 0 Å². The number of rotatable bonds is 4. The maximum atomic E-state index is 11.9. The molecule has 2 aliphatic carbocycles. The van der Waals surface area contributed by atoms with Gasteiger partial charge in [0.25, 0.3) is 0 Å². The Morgan fingerprint density at radius 3 is 2.40 bits per heavy atom. The third-order valence-corrected chi connectivity index (χ3v) is 4.91. The first-order chi connectivity index (χ1) is 9.27. The van der Waals surface area contributed by atoms with Crippen molar-refractivity contribution in [2.24, 2.45) is 23.2 Å². The Bertz CT molecular complexity index is 386. The van der Waals surface area contributed by atoms with Crippen molar-refractivity contribution in [2.45, 2.75) is 59.4 Å². The van der Waals surface area contributed by atoms with Gasteiger partial charge in [-0.05, 0) is 43.9 Å². The number of carbonyl (C=O) groups is 2. The fourth-order valence-electron chi connectivity index (χ4n) is 3.74. The van der Waals surface area contributed by atoms with Crippen LogP contribution in [0.15, 0.2) is 0 Å². The highest BCUT2D eigenvalue weighted by molar-refractivity contribution is 5.87. The Morgan fingerprint density at radius 2 is 1.90 bits per heavy atom. The number of amides is 2. The summed E-state index contributed by atoms with van der Waals surface area (Å²) in [6, 6.07) is 0.226. The first kappa shape index (κ1) is 15.3. The molecule has 0 unspecified atom stereocenters. The van der Waals surface area contributed by atoms with Crippen LogP contribution in [0, 0.1) is 23.2 Å². The van der Waals surface area contributed by atoms with Crippen LogP contribution in [0.25, 0.3) is 0 Å². The van der Waals surface area contributed by atoms with E-state index in [0.717, 1.165) is 11.8 Å². The average Bonchev–Trinajstić information content (AvgIpc) is 2.96. The minimum Gasteiger partial charge on any atom is -0.352 e. The fraction of sp³-hybridized carbons (Fsp3) is 0.875. The van der Waals surface area contributed by atoms with Gasteiger partial charge in [-0.3, -0.25) is 9.59 Å². The molecular formula is C16H28N2O2. The number of fused-ring (bicyclic) bond motifs is 2. The molecule has 2 saturated carbocycles. The zero-order valence-corrected chi connectivity index (χ0v) is 13.2. The van der Waals surface area contributed by atoms with Crippen molar-refractivity contribution < 1.29 is 9.59 Å². The van der Waals surface area contributed by atoms with Crippen molar-refractivity contribution in [3.8, 4) is 0 Å². The predicted molar refractivity (Wildman–Crippen MR) is 79.0 cm³/mol. The molecule has 0 aromatic heterocycles. The van der Waals surface area contributed by atoms with Gasteiger partial charge in [-0.1, -0.05) is 27.2 Å². The van der Waals surface area contributed by atoms with Gasteiger partial charge in [0.05, 0.1) is 6.54 Å². The molecule has 0 radical (unpaired) electrons. The van der Waals surface area contributed by atoms with Crippen molar-refractivity contribution in [1.29, 1.82) is 0 Å². The van der Waals surface area contributed by atoms with E-state index in [1.54, 1.807) is 0 Å². The lowest BCUT2D eigenvalue weighted by atomic mass is 9.84. The van der Waals surface area contributed by atoms with E-state index in [4.69, 9.17) is 0 Å². The van der Waals surface area contributed by atoms with Crippen molar-refractivity contribution in [1.82, 2.24) is 10.6 Å². The molecule has 0 aliphatic heterocycles. The highest BCUT2D eigenvalue weighted by Crippen LogP contribution is 2.49. The van der Waals surface area contributed by atoms with Crippen LogP contribution in [-0.4, -0.2) is 24.4 Å². The number of carbonyl (C=O) groups excluding carboxylic acids is 2. The number of hydrogen-bond donors (Lipinski definition) is 2. The number of hydrogen-bond acceptors (Lipinski definition) is 2. The molecule has 4 heteroatoms. The Hall–Kier alpha value is -1.06. The van der Waals surface area contributed by atoms with Gasteiger partial charge in [0.2, 0.25) is 11.8 Å². The predicted octanol–water partition coefficient (Wildman–Crippen LogP) is 2.09. The quantitative estimate of drug-likeness (QED) is 0.828. The topological polar surface area (TPSA) is 58.2 Å². The first-order valence-corrected chi connectivity index (χ1v) is 7.85. The van der Waals surface area contributed by atoms with Crippen LogP contribution in [-0.2, 0) is 9.59 Å². The largest absolute Gasteiger partial charge is 0.352 e. The molecule has 2 aliphatic rings. The van der Waals surface area contributed by atoms with E-state index in [2.05, 4.69) is 17.6 Å². The van der Waals surface area contributed by atoms with Crippen molar-refractivity contribution >= 4 is 11.8 Å².